The highest BCUT2D eigenvalue weighted by atomic mass is 16.2. The lowest BCUT2D eigenvalue weighted by atomic mass is 9.74. The monoisotopic (exact) mass is 266 g/mol. The van der Waals surface area contributed by atoms with Gasteiger partial charge in [0.2, 0.25) is 5.91 Å². The molecule has 1 saturated heterocycles. The van der Waals surface area contributed by atoms with Crippen molar-refractivity contribution in [1.29, 1.82) is 0 Å². The van der Waals surface area contributed by atoms with Gasteiger partial charge in [-0.05, 0) is 44.2 Å². The van der Waals surface area contributed by atoms with E-state index in [2.05, 4.69) is 24.5 Å². The van der Waals surface area contributed by atoms with Gasteiger partial charge in [0.05, 0.1) is 0 Å². The highest BCUT2D eigenvalue weighted by Crippen LogP contribution is 2.32. The highest BCUT2D eigenvalue weighted by molar-refractivity contribution is 5.82. The standard InChI is InChI=1S/C16H30N2O/c1-16(2,14-8-5-10-17-12-14)15(19)18-11-9-13-6-3-4-7-13/h13-14,17H,3-12H2,1-2H3,(H,18,19). The highest BCUT2D eigenvalue weighted by Gasteiger charge is 2.37. The molecule has 1 saturated carbocycles. The number of hydrogen-bond acceptors (Lipinski definition) is 2. The lowest BCUT2D eigenvalue weighted by molar-refractivity contribution is -0.132. The number of piperidine rings is 1. The van der Waals surface area contributed by atoms with E-state index in [9.17, 15) is 4.79 Å². The molecule has 0 aromatic carbocycles. The SMILES string of the molecule is CC(C)(C(=O)NCCC1CCCC1)C1CCCNC1. The zero-order valence-electron chi connectivity index (χ0n) is 12.6. The molecule has 0 aromatic heterocycles. The van der Waals surface area contributed by atoms with Crippen molar-refractivity contribution in [2.75, 3.05) is 19.6 Å². The normalized spacial score (nSPS) is 25.5. The Morgan fingerprint density at radius 1 is 1.21 bits per heavy atom. The summed E-state index contributed by atoms with van der Waals surface area (Å²) in [6.45, 7) is 7.18. The maximum atomic E-state index is 12.4. The van der Waals surface area contributed by atoms with Gasteiger partial charge >= 0.3 is 0 Å². The maximum absolute atomic E-state index is 12.4. The molecule has 2 fully saturated rings. The van der Waals surface area contributed by atoms with Crippen LogP contribution in [0.4, 0.5) is 0 Å². The second-order valence-electron chi connectivity index (χ2n) is 6.96. The van der Waals surface area contributed by atoms with Crippen molar-refractivity contribution in [3.8, 4) is 0 Å². The van der Waals surface area contributed by atoms with E-state index in [1.807, 2.05) is 0 Å². The summed E-state index contributed by atoms with van der Waals surface area (Å²) in [5.74, 6) is 1.59. The zero-order chi connectivity index (χ0) is 13.7. The minimum atomic E-state index is -0.233. The average molecular weight is 266 g/mol. The number of nitrogens with one attached hydrogen (secondary N) is 2. The van der Waals surface area contributed by atoms with Crippen LogP contribution in [0.3, 0.4) is 0 Å². The number of carbonyl (C=O) groups excluding carboxylic acids is 1. The lowest BCUT2D eigenvalue weighted by Gasteiger charge is -2.36. The molecular weight excluding hydrogens is 236 g/mol. The molecule has 0 bridgehead atoms. The van der Waals surface area contributed by atoms with Gasteiger partial charge in [-0.25, -0.2) is 0 Å². The van der Waals surface area contributed by atoms with E-state index in [4.69, 9.17) is 0 Å². The summed E-state index contributed by atoms with van der Waals surface area (Å²) in [5.41, 5.74) is -0.233. The third-order valence-electron chi connectivity index (χ3n) is 5.22. The third kappa shape index (κ3) is 3.95. The predicted octanol–water partition coefficient (Wildman–Crippen LogP) is 2.71. The maximum Gasteiger partial charge on any atom is 0.225 e. The molecule has 1 aliphatic heterocycles. The molecule has 0 spiro atoms. The first kappa shape index (κ1) is 14.8. The topological polar surface area (TPSA) is 41.1 Å². The Hall–Kier alpha value is -0.570. The molecule has 110 valence electrons. The number of rotatable bonds is 5. The molecule has 1 amide bonds. The van der Waals surface area contributed by atoms with Crippen LogP contribution in [0.1, 0.15) is 58.8 Å². The summed E-state index contributed by atoms with van der Waals surface area (Å²) >= 11 is 0. The molecule has 1 aliphatic carbocycles. The molecule has 3 heteroatoms. The smallest absolute Gasteiger partial charge is 0.225 e. The van der Waals surface area contributed by atoms with Crippen LogP contribution >= 0.6 is 0 Å². The van der Waals surface area contributed by atoms with Gasteiger partial charge in [-0.1, -0.05) is 39.5 Å². The Labute approximate surface area is 117 Å². The van der Waals surface area contributed by atoms with Crippen molar-refractivity contribution in [3.05, 3.63) is 0 Å². The summed E-state index contributed by atoms with van der Waals surface area (Å²) < 4.78 is 0. The van der Waals surface area contributed by atoms with Gasteiger partial charge in [0.15, 0.2) is 0 Å². The van der Waals surface area contributed by atoms with Crippen LogP contribution in [0.2, 0.25) is 0 Å². The molecule has 0 aromatic rings. The summed E-state index contributed by atoms with van der Waals surface area (Å²) in [4.78, 5) is 12.4. The molecule has 0 radical (unpaired) electrons. The number of carbonyl (C=O) groups is 1. The fourth-order valence-electron chi connectivity index (χ4n) is 3.57. The Morgan fingerprint density at radius 2 is 1.95 bits per heavy atom. The van der Waals surface area contributed by atoms with Crippen LogP contribution in [-0.4, -0.2) is 25.5 Å². The fourth-order valence-corrected chi connectivity index (χ4v) is 3.57. The molecule has 2 N–H and O–H groups in total. The van der Waals surface area contributed by atoms with Crippen molar-refractivity contribution in [3.63, 3.8) is 0 Å². The van der Waals surface area contributed by atoms with Gasteiger partial charge in [-0.2, -0.15) is 0 Å². The predicted molar refractivity (Wildman–Crippen MR) is 79.0 cm³/mol. The summed E-state index contributed by atoms with van der Waals surface area (Å²) in [6, 6.07) is 0. The van der Waals surface area contributed by atoms with Crippen molar-refractivity contribution >= 4 is 5.91 Å². The molecule has 1 unspecified atom stereocenters. The molecule has 2 rings (SSSR count). The largest absolute Gasteiger partial charge is 0.356 e. The van der Waals surface area contributed by atoms with E-state index in [0.717, 1.165) is 25.6 Å². The van der Waals surface area contributed by atoms with Crippen molar-refractivity contribution in [1.82, 2.24) is 10.6 Å². The summed E-state index contributed by atoms with van der Waals surface area (Å²) in [7, 11) is 0. The molecule has 19 heavy (non-hydrogen) atoms. The van der Waals surface area contributed by atoms with Crippen LogP contribution in [0.15, 0.2) is 0 Å². The molecule has 2 aliphatic rings. The molecular formula is C16H30N2O. The first-order chi connectivity index (χ1) is 9.10. The first-order valence-electron chi connectivity index (χ1n) is 8.09. The Balaban J connectivity index is 1.73. The second-order valence-corrected chi connectivity index (χ2v) is 6.96. The van der Waals surface area contributed by atoms with E-state index in [1.54, 1.807) is 0 Å². The van der Waals surface area contributed by atoms with E-state index in [0.29, 0.717) is 5.92 Å². The van der Waals surface area contributed by atoms with Gasteiger partial charge in [0, 0.05) is 12.0 Å². The molecule has 1 atom stereocenters. The van der Waals surface area contributed by atoms with Crippen molar-refractivity contribution in [2.45, 2.75) is 58.8 Å². The van der Waals surface area contributed by atoms with Gasteiger partial charge in [-0.3, -0.25) is 4.79 Å². The Bertz CT molecular complexity index is 289. The summed E-state index contributed by atoms with van der Waals surface area (Å²) in [5, 5.41) is 6.60. The van der Waals surface area contributed by atoms with Crippen LogP contribution in [0, 0.1) is 17.3 Å². The second kappa shape index (κ2) is 6.74. The number of hydrogen-bond donors (Lipinski definition) is 2. The van der Waals surface area contributed by atoms with E-state index in [1.165, 1.54) is 44.9 Å². The summed E-state index contributed by atoms with van der Waals surface area (Å²) in [6.07, 6.45) is 9.05. The zero-order valence-corrected chi connectivity index (χ0v) is 12.6. The third-order valence-corrected chi connectivity index (χ3v) is 5.22. The van der Waals surface area contributed by atoms with Crippen molar-refractivity contribution < 1.29 is 4.79 Å². The fraction of sp³-hybridized carbons (Fsp3) is 0.938. The van der Waals surface area contributed by atoms with Gasteiger partial charge < -0.3 is 10.6 Å². The van der Waals surface area contributed by atoms with Gasteiger partial charge in [0.25, 0.3) is 0 Å². The quantitative estimate of drug-likeness (QED) is 0.803. The Kier molecular flexibility index (Phi) is 5.26. The van der Waals surface area contributed by atoms with E-state index < -0.39 is 0 Å². The van der Waals surface area contributed by atoms with Crippen LogP contribution in [-0.2, 0) is 4.79 Å². The van der Waals surface area contributed by atoms with Crippen LogP contribution in [0.25, 0.3) is 0 Å². The van der Waals surface area contributed by atoms with Crippen molar-refractivity contribution in [2.24, 2.45) is 17.3 Å². The average Bonchev–Trinajstić information content (AvgIpc) is 2.93. The van der Waals surface area contributed by atoms with Crippen LogP contribution < -0.4 is 10.6 Å². The number of amides is 1. The van der Waals surface area contributed by atoms with E-state index in [-0.39, 0.29) is 11.3 Å². The minimum absolute atomic E-state index is 0.233. The van der Waals surface area contributed by atoms with Gasteiger partial charge in [-0.15, -0.1) is 0 Å². The molecule has 3 nitrogen and oxygen atoms in total. The van der Waals surface area contributed by atoms with Crippen LogP contribution in [0.5, 0.6) is 0 Å². The Morgan fingerprint density at radius 3 is 2.58 bits per heavy atom. The minimum Gasteiger partial charge on any atom is -0.356 e. The van der Waals surface area contributed by atoms with E-state index >= 15 is 0 Å². The van der Waals surface area contributed by atoms with Gasteiger partial charge in [0.1, 0.15) is 0 Å². The first-order valence-corrected chi connectivity index (χ1v) is 8.09. The lowest BCUT2D eigenvalue weighted by Crippen LogP contribution is -2.47. The molecule has 1 heterocycles.